The third-order valence-corrected chi connectivity index (χ3v) is 4.03. The molecule has 0 aliphatic heterocycles. The fraction of sp³-hybridized carbons (Fsp3) is 0.136. The van der Waals surface area contributed by atoms with Crippen molar-refractivity contribution in [2.45, 2.75) is 12.5 Å². The average Bonchev–Trinajstić information content (AvgIpc) is 2.64. The van der Waals surface area contributed by atoms with Gasteiger partial charge in [-0.05, 0) is 28.8 Å². The number of hydrogen-bond donors (Lipinski definition) is 1. The summed E-state index contributed by atoms with van der Waals surface area (Å²) >= 11 is 0. The molecule has 3 aromatic rings. The third kappa shape index (κ3) is 4.34. The highest BCUT2D eigenvalue weighted by molar-refractivity contribution is 5.98. The third-order valence-electron chi connectivity index (χ3n) is 4.03. The topological polar surface area (TPSA) is 38.3 Å². The number of benzene rings is 3. The molecule has 0 saturated heterocycles. The second kappa shape index (κ2) is 8.27. The van der Waals surface area contributed by atoms with Gasteiger partial charge in [-0.15, -0.1) is 0 Å². The SMILES string of the molecule is COCc1cccc(NC(=O)C(c2ccccc2)c2ccccc2)c1. The first-order valence-electron chi connectivity index (χ1n) is 8.26. The molecule has 3 rings (SSSR count). The summed E-state index contributed by atoms with van der Waals surface area (Å²) in [6.45, 7) is 0.518. The van der Waals surface area contributed by atoms with Crippen LogP contribution in [-0.4, -0.2) is 13.0 Å². The minimum Gasteiger partial charge on any atom is -0.380 e. The fourth-order valence-corrected chi connectivity index (χ4v) is 2.91. The Labute approximate surface area is 148 Å². The summed E-state index contributed by atoms with van der Waals surface area (Å²) in [6, 6.07) is 27.4. The predicted molar refractivity (Wildman–Crippen MR) is 101 cm³/mol. The lowest BCUT2D eigenvalue weighted by atomic mass is 9.90. The van der Waals surface area contributed by atoms with Crippen LogP contribution in [0, 0.1) is 0 Å². The van der Waals surface area contributed by atoms with E-state index in [1.54, 1.807) is 7.11 Å². The molecule has 0 fully saturated rings. The maximum absolute atomic E-state index is 13.0. The number of methoxy groups -OCH3 is 1. The van der Waals surface area contributed by atoms with Crippen molar-refractivity contribution in [3.63, 3.8) is 0 Å². The quantitative estimate of drug-likeness (QED) is 0.716. The van der Waals surface area contributed by atoms with Crippen LogP contribution in [-0.2, 0) is 16.1 Å². The van der Waals surface area contributed by atoms with Crippen LogP contribution in [0.2, 0.25) is 0 Å². The van der Waals surface area contributed by atoms with E-state index >= 15 is 0 Å². The maximum atomic E-state index is 13.0. The zero-order valence-electron chi connectivity index (χ0n) is 14.2. The highest BCUT2D eigenvalue weighted by atomic mass is 16.5. The van der Waals surface area contributed by atoms with Gasteiger partial charge in [0.2, 0.25) is 5.91 Å². The van der Waals surface area contributed by atoms with Gasteiger partial charge in [-0.2, -0.15) is 0 Å². The Bertz CT molecular complexity index is 776. The number of hydrogen-bond acceptors (Lipinski definition) is 2. The van der Waals surface area contributed by atoms with Gasteiger partial charge in [-0.3, -0.25) is 4.79 Å². The van der Waals surface area contributed by atoms with Gasteiger partial charge in [0.1, 0.15) is 0 Å². The van der Waals surface area contributed by atoms with E-state index in [9.17, 15) is 4.79 Å². The monoisotopic (exact) mass is 331 g/mol. The summed E-state index contributed by atoms with van der Waals surface area (Å²) in [7, 11) is 1.66. The lowest BCUT2D eigenvalue weighted by Gasteiger charge is -2.18. The molecule has 0 spiro atoms. The molecule has 3 heteroatoms. The molecule has 0 atom stereocenters. The number of rotatable bonds is 6. The summed E-state index contributed by atoms with van der Waals surface area (Å²) in [6.07, 6.45) is 0. The second-order valence-corrected chi connectivity index (χ2v) is 5.88. The predicted octanol–water partition coefficient (Wildman–Crippen LogP) is 4.60. The van der Waals surface area contributed by atoms with E-state index in [1.165, 1.54) is 0 Å². The Morgan fingerprint density at radius 2 is 1.48 bits per heavy atom. The van der Waals surface area contributed by atoms with Crippen molar-refractivity contribution >= 4 is 11.6 Å². The molecule has 0 aliphatic rings. The summed E-state index contributed by atoms with van der Waals surface area (Å²) < 4.78 is 5.16. The van der Waals surface area contributed by atoms with Gasteiger partial charge in [-0.1, -0.05) is 72.8 Å². The molecular weight excluding hydrogens is 310 g/mol. The van der Waals surface area contributed by atoms with Gasteiger partial charge in [-0.25, -0.2) is 0 Å². The van der Waals surface area contributed by atoms with Crippen LogP contribution in [0.3, 0.4) is 0 Å². The Morgan fingerprint density at radius 1 is 0.880 bits per heavy atom. The van der Waals surface area contributed by atoms with E-state index in [0.29, 0.717) is 6.61 Å². The van der Waals surface area contributed by atoms with Gasteiger partial charge in [0, 0.05) is 12.8 Å². The van der Waals surface area contributed by atoms with E-state index in [0.717, 1.165) is 22.4 Å². The van der Waals surface area contributed by atoms with Crippen molar-refractivity contribution in [3.05, 3.63) is 102 Å². The molecule has 1 N–H and O–H groups in total. The Hall–Kier alpha value is -2.91. The zero-order chi connectivity index (χ0) is 17.5. The van der Waals surface area contributed by atoms with Gasteiger partial charge < -0.3 is 10.1 Å². The lowest BCUT2D eigenvalue weighted by Crippen LogP contribution is -2.22. The summed E-state index contributed by atoms with van der Waals surface area (Å²) in [4.78, 5) is 13.0. The van der Waals surface area contributed by atoms with Crippen LogP contribution in [0.1, 0.15) is 22.6 Å². The summed E-state index contributed by atoms with van der Waals surface area (Å²) in [5, 5.41) is 3.04. The minimum atomic E-state index is -0.353. The van der Waals surface area contributed by atoms with Gasteiger partial charge >= 0.3 is 0 Å². The molecule has 0 heterocycles. The molecule has 0 saturated carbocycles. The van der Waals surface area contributed by atoms with E-state index < -0.39 is 0 Å². The Balaban J connectivity index is 1.89. The number of amides is 1. The maximum Gasteiger partial charge on any atom is 0.236 e. The van der Waals surface area contributed by atoms with E-state index in [-0.39, 0.29) is 11.8 Å². The molecule has 0 radical (unpaired) electrons. The van der Waals surface area contributed by atoms with Gasteiger partial charge in [0.25, 0.3) is 0 Å². The number of anilines is 1. The largest absolute Gasteiger partial charge is 0.380 e. The first kappa shape index (κ1) is 16.9. The Morgan fingerprint density at radius 3 is 2.04 bits per heavy atom. The Kier molecular flexibility index (Phi) is 5.60. The first-order valence-corrected chi connectivity index (χ1v) is 8.26. The van der Waals surface area contributed by atoms with E-state index in [2.05, 4.69) is 5.32 Å². The van der Waals surface area contributed by atoms with Crippen molar-refractivity contribution in [1.29, 1.82) is 0 Å². The molecule has 0 aromatic heterocycles. The molecule has 3 nitrogen and oxygen atoms in total. The van der Waals surface area contributed by atoms with Crippen molar-refractivity contribution in [1.82, 2.24) is 0 Å². The van der Waals surface area contributed by atoms with Crippen molar-refractivity contribution < 1.29 is 9.53 Å². The highest BCUT2D eigenvalue weighted by Gasteiger charge is 2.22. The number of carbonyl (C=O) groups excluding carboxylic acids is 1. The van der Waals surface area contributed by atoms with Gasteiger partial charge in [0.15, 0.2) is 0 Å². The average molecular weight is 331 g/mol. The molecule has 0 bridgehead atoms. The van der Waals surface area contributed by atoms with Crippen molar-refractivity contribution in [3.8, 4) is 0 Å². The van der Waals surface area contributed by atoms with Crippen LogP contribution in [0.5, 0.6) is 0 Å². The molecule has 25 heavy (non-hydrogen) atoms. The first-order chi connectivity index (χ1) is 12.3. The van der Waals surface area contributed by atoms with Crippen LogP contribution in [0.25, 0.3) is 0 Å². The van der Waals surface area contributed by atoms with E-state index in [4.69, 9.17) is 4.74 Å². The molecule has 126 valence electrons. The molecule has 0 unspecified atom stereocenters. The van der Waals surface area contributed by atoms with Crippen LogP contribution in [0.15, 0.2) is 84.9 Å². The van der Waals surface area contributed by atoms with Crippen LogP contribution in [0.4, 0.5) is 5.69 Å². The minimum absolute atomic E-state index is 0.0491. The molecular formula is C22H21NO2. The second-order valence-electron chi connectivity index (χ2n) is 5.88. The number of ether oxygens (including phenoxy) is 1. The van der Waals surface area contributed by atoms with E-state index in [1.807, 2.05) is 84.9 Å². The standard InChI is InChI=1S/C22H21NO2/c1-25-16-17-9-8-14-20(15-17)23-22(24)21(18-10-4-2-5-11-18)19-12-6-3-7-13-19/h2-15,21H,16H2,1H3,(H,23,24). The van der Waals surface area contributed by atoms with Crippen molar-refractivity contribution in [2.24, 2.45) is 0 Å². The normalized spacial score (nSPS) is 10.6. The zero-order valence-corrected chi connectivity index (χ0v) is 14.2. The smallest absolute Gasteiger partial charge is 0.236 e. The number of carbonyl (C=O) groups is 1. The molecule has 0 aliphatic carbocycles. The lowest BCUT2D eigenvalue weighted by molar-refractivity contribution is -0.116. The van der Waals surface area contributed by atoms with Gasteiger partial charge in [0.05, 0.1) is 12.5 Å². The highest BCUT2D eigenvalue weighted by Crippen LogP contribution is 2.26. The van der Waals surface area contributed by atoms with Crippen LogP contribution >= 0.6 is 0 Å². The summed E-state index contributed by atoms with van der Waals surface area (Å²) in [5.41, 5.74) is 3.74. The summed E-state index contributed by atoms with van der Waals surface area (Å²) in [5.74, 6) is -0.402. The van der Waals surface area contributed by atoms with Crippen molar-refractivity contribution in [2.75, 3.05) is 12.4 Å². The molecule has 3 aromatic carbocycles. The number of nitrogens with one attached hydrogen (secondary N) is 1. The van der Waals surface area contributed by atoms with Crippen LogP contribution < -0.4 is 5.32 Å². The fourth-order valence-electron chi connectivity index (χ4n) is 2.91. The molecule has 1 amide bonds.